The van der Waals surface area contributed by atoms with Gasteiger partial charge in [0.1, 0.15) is 109 Å². The molecule has 5 aliphatic heterocycles. The third-order valence-corrected chi connectivity index (χ3v) is 21.6. The highest BCUT2D eigenvalue weighted by molar-refractivity contribution is 6.02. The number of ether oxygens (including phenoxy) is 1. The predicted molar refractivity (Wildman–Crippen MR) is 428 cm³/mol. The topological polar surface area (TPSA) is 369 Å². The lowest BCUT2D eigenvalue weighted by atomic mass is 9.96. The van der Waals surface area contributed by atoms with E-state index < -0.39 is 46.2 Å². The number of nitrogens with zero attached hydrogens (tertiary/aromatic N) is 20. The van der Waals surface area contributed by atoms with Crippen LogP contribution in [-0.2, 0) is 33.5 Å². The van der Waals surface area contributed by atoms with Crippen molar-refractivity contribution in [3.63, 3.8) is 0 Å². The van der Waals surface area contributed by atoms with Crippen LogP contribution in [0.25, 0.3) is 68.7 Å². The predicted octanol–water partition coefficient (Wildman–Crippen LogP) is 9.71. The molecule has 0 aliphatic carbocycles. The van der Waals surface area contributed by atoms with Gasteiger partial charge >= 0.3 is 17.9 Å². The van der Waals surface area contributed by atoms with E-state index in [0.717, 1.165) is 83.4 Å². The van der Waals surface area contributed by atoms with E-state index in [1.807, 2.05) is 29.7 Å². The minimum atomic E-state index is -1.05. The van der Waals surface area contributed by atoms with Crippen molar-refractivity contribution in [1.82, 2.24) is 102 Å². The van der Waals surface area contributed by atoms with Crippen molar-refractivity contribution in [3.8, 4) is 46.1 Å². The molecule has 12 aromatic rings. The van der Waals surface area contributed by atoms with Crippen LogP contribution >= 0.6 is 0 Å². The van der Waals surface area contributed by atoms with Gasteiger partial charge in [0.15, 0.2) is 23.3 Å². The molecule has 0 unspecified atom stereocenters. The van der Waals surface area contributed by atoms with Crippen molar-refractivity contribution < 1.29 is 56.2 Å². The average molecular weight is 1620 g/mol. The first kappa shape index (κ1) is 81.9. The number of fused-ring (bicyclic) bond motifs is 4. The minimum Gasteiger partial charge on any atom is -0.480 e. The molecule has 0 spiro atoms. The first-order valence-corrected chi connectivity index (χ1v) is 39.0. The molecule has 0 radical (unpaired) electrons. The maximum Gasteiger partial charge on any atom is 0.352 e. The fourth-order valence-corrected chi connectivity index (χ4v) is 14.8. The summed E-state index contributed by atoms with van der Waals surface area (Å²) in [7, 11) is 1.41. The molecular weight excluding hydrogens is 1530 g/mol. The molecule has 37 heteroatoms. The number of rotatable bonds is 19. The second-order valence-corrected chi connectivity index (χ2v) is 30.8. The molecule has 0 saturated carbocycles. The number of anilines is 4. The van der Waals surface area contributed by atoms with Crippen LogP contribution in [0.1, 0.15) is 106 Å². The SMILES string of the molecule is CC(C)(C(=O)O)N1CCC[C@@H](Nc2ccnc(-c3cnc4ccc(F)cn34)n2)C1.CC(C)(C(=O)ON1C(=O)CCC1=O)N1CCC[C@@H](Nc2ccnc(-c3cnc4ccc(F)cn34)n2)C1.COC(=O)C(C)(C)N1CCC[C@@H](Nc2ccnc(-c3cnc4ccc(F)cn34)n2)C1.Fc1ccc2ncc(-c3nccc(N[C@@H]4CCCNC4)n3)n2c1. The number of halogens is 4. The number of hydroxylamine groups is 2. The van der Waals surface area contributed by atoms with Crippen LogP contribution in [0.4, 0.5) is 40.8 Å². The normalized spacial score (nSPS) is 18.4. The van der Waals surface area contributed by atoms with Gasteiger partial charge in [-0.1, -0.05) is 0 Å². The molecule has 17 rings (SSSR count). The number of likely N-dealkylation sites (tertiary alicyclic amines) is 3. The zero-order valence-corrected chi connectivity index (χ0v) is 66.2. The van der Waals surface area contributed by atoms with Crippen LogP contribution in [0, 0.1) is 23.3 Å². The van der Waals surface area contributed by atoms with E-state index in [0.29, 0.717) is 123 Å². The standard InChI is InChI=1S/C24H26FN7O4.C21H25FN6O2.C20H23FN6O2.C16H17FN6/c1-24(2,23(35)36-32-20(33)7-8-21(32)34)30-11-3-4-16(14-30)28-18-9-10-26-22(29-18)17-12-27-19-6-5-15(25)13-31(17)19;1-21(2,20(29)30-3)27-10-4-5-15(13-27)25-17-8-9-23-19(26-17)16-11-24-18-7-6-14(22)12-28(16)18;1-20(2,19(28)29)26-9-3-4-14(12-26)24-16-7-8-22-18(25-16)15-10-23-17-6-5-13(21)11-27(15)17;17-11-3-4-15-20-9-13(23(15)10-11)16-19-7-5-14(22-16)21-12-2-1-6-18-8-12/h5-6,9-10,12-13,16H,3-4,7-8,11,14H2,1-2H3,(H,26,28,29);6-9,11-12,15H,4-5,10,13H2,1-3H3,(H,23,25,26);5-8,10-11,14H,3-4,9,12H2,1-2H3,(H,28,29)(H,22,24,25);3-5,7,9-10,12,18H,1-2,6,8H2,(H,19,21,22)/t16-;15-;14-;12-/m1111/s1. The number of methoxy groups -OCH3 is 1. The van der Waals surface area contributed by atoms with Crippen LogP contribution in [0.5, 0.6) is 0 Å². The summed E-state index contributed by atoms with van der Waals surface area (Å²) in [6, 6.07) is 19.6. The second-order valence-electron chi connectivity index (χ2n) is 30.8. The number of esters is 1. The molecule has 5 aliphatic rings. The molecule has 6 N–H and O–H groups in total. The Morgan fingerprint density at radius 3 is 1.06 bits per heavy atom. The van der Waals surface area contributed by atoms with Crippen LogP contribution in [0.3, 0.4) is 0 Å². The average Bonchev–Trinajstić information content (AvgIpc) is 1.73. The van der Waals surface area contributed by atoms with Gasteiger partial charge in [-0.05, 0) is 192 Å². The largest absolute Gasteiger partial charge is 0.480 e. The molecule has 118 heavy (non-hydrogen) atoms. The smallest absolute Gasteiger partial charge is 0.352 e. The van der Waals surface area contributed by atoms with Crippen molar-refractivity contribution in [2.24, 2.45) is 0 Å². The van der Waals surface area contributed by atoms with Gasteiger partial charge in [-0.25, -0.2) is 82.2 Å². The number of hydrogen-bond donors (Lipinski definition) is 6. The van der Waals surface area contributed by atoms with E-state index >= 15 is 0 Å². The number of imidazole rings is 4. The maximum atomic E-state index is 13.8. The van der Waals surface area contributed by atoms with Crippen LogP contribution in [0.15, 0.2) is 147 Å². The van der Waals surface area contributed by atoms with Gasteiger partial charge in [0.2, 0.25) is 0 Å². The number of aromatic nitrogens is 16. The zero-order valence-electron chi connectivity index (χ0n) is 66.2. The van der Waals surface area contributed by atoms with Gasteiger partial charge in [-0.2, -0.15) is 0 Å². The quantitative estimate of drug-likeness (QED) is 0.0249. The van der Waals surface area contributed by atoms with Gasteiger partial charge < -0.3 is 41.3 Å². The summed E-state index contributed by atoms with van der Waals surface area (Å²) in [5.41, 5.74) is 2.28. The lowest BCUT2D eigenvalue weighted by Gasteiger charge is -2.42. The van der Waals surface area contributed by atoms with Crippen molar-refractivity contribution in [2.75, 3.05) is 80.7 Å². The van der Waals surface area contributed by atoms with Crippen molar-refractivity contribution in [3.05, 3.63) is 170 Å². The number of carboxylic acid groups (broad SMARTS) is 1. The Labute approximate surface area is 675 Å². The van der Waals surface area contributed by atoms with Gasteiger partial charge in [0.25, 0.3) is 11.8 Å². The number of nitrogens with one attached hydrogen (secondary N) is 5. The van der Waals surface area contributed by atoms with E-state index in [-0.39, 0.29) is 54.4 Å². The molecular formula is C81H91F4N25O8. The van der Waals surface area contributed by atoms with Crippen LogP contribution in [0.2, 0.25) is 0 Å². The van der Waals surface area contributed by atoms with Gasteiger partial charge in [-0.3, -0.25) is 51.5 Å². The summed E-state index contributed by atoms with van der Waals surface area (Å²) in [6.45, 7) is 16.7. The second kappa shape index (κ2) is 35.5. The minimum absolute atomic E-state index is 0.0248. The number of pyridine rings is 4. The highest BCUT2D eigenvalue weighted by Crippen LogP contribution is 2.31. The molecule has 5 saturated heterocycles. The molecule has 17 heterocycles. The molecule has 12 aromatic heterocycles. The first-order valence-electron chi connectivity index (χ1n) is 39.0. The summed E-state index contributed by atoms with van der Waals surface area (Å²) in [5, 5.41) is 27.1. The molecule has 616 valence electrons. The Balaban J connectivity index is 0.000000131. The Morgan fingerprint density at radius 2 is 0.746 bits per heavy atom. The van der Waals surface area contributed by atoms with E-state index in [4.69, 9.17) is 9.57 Å². The Hall–Kier alpha value is -12.6. The first-order chi connectivity index (χ1) is 56.7. The highest BCUT2D eigenvalue weighted by atomic mass is 19.1. The number of imide groups is 1. The summed E-state index contributed by atoms with van der Waals surface area (Å²) in [6.07, 6.45) is 26.4. The fraction of sp³-hybridized carbons (Fsp3) is 0.395. The summed E-state index contributed by atoms with van der Waals surface area (Å²) >= 11 is 0. The highest BCUT2D eigenvalue weighted by Gasteiger charge is 2.44. The number of aliphatic carboxylic acids is 1. The van der Waals surface area contributed by atoms with Crippen molar-refractivity contribution >= 4 is 75.6 Å². The summed E-state index contributed by atoms with van der Waals surface area (Å²) < 4.78 is 66.0. The van der Waals surface area contributed by atoms with Gasteiger partial charge in [0, 0.05) is 113 Å². The monoisotopic (exact) mass is 1620 g/mol. The molecule has 0 bridgehead atoms. The number of piperidine rings is 4. The Kier molecular flexibility index (Phi) is 24.6. The number of carbonyl (C=O) groups excluding carboxylic acids is 4. The molecule has 0 aromatic carbocycles. The lowest BCUT2D eigenvalue weighted by molar-refractivity contribution is -0.205. The molecule has 4 atom stereocenters. The number of hydrogen-bond acceptors (Lipinski definition) is 27. The fourth-order valence-electron chi connectivity index (χ4n) is 14.8. The summed E-state index contributed by atoms with van der Waals surface area (Å²) in [5.74, 6) is 0.325. The zero-order chi connectivity index (χ0) is 83.0. The Morgan fingerprint density at radius 1 is 0.432 bits per heavy atom. The molecule has 5 fully saturated rings. The molecule has 2 amide bonds. The van der Waals surface area contributed by atoms with E-state index in [1.165, 1.54) is 56.2 Å². The number of carbonyl (C=O) groups is 5. The summed E-state index contributed by atoms with van der Waals surface area (Å²) in [4.78, 5) is 124. The third kappa shape index (κ3) is 18.8. The van der Waals surface area contributed by atoms with Crippen LogP contribution < -0.4 is 26.6 Å². The van der Waals surface area contributed by atoms with E-state index in [1.54, 1.807) is 137 Å². The molecule has 33 nitrogen and oxygen atoms in total. The maximum absolute atomic E-state index is 13.8. The number of carboxylic acids is 1. The van der Waals surface area contributed by atoms with Gasteiger partial charge in [0.05, 0.1) is 31.9 Å². The third-order valence-electron chi connectivity index (χ3n) is 21.6. The Bertz CT molecular complexity index is 5620. The lowest BCUT2D eigenvalue weighted by Crippen LogP contribution is -2.57. The van der Waals surface area contributed by atoms with Crippen molar-refractivity contribution in [2.45, 2.75) is 147 Å². The van der Waals surface area contributed by atoms with Gasteiger partial charge in [-0.15, -0.1) is 5.06 Å². The number of amides is 2. The van der Waals surface area contributed by atoms with Crippen molar-refractivity contribution in [1.29, 1.82) is 0 Å². The van der Waals surface area contributed by atoms with E-state index in [2.05, 4.69) is 91.3 Å². The van der Waals surface area contributed by atoms with E-state index in [9.17, 15) is 46.6 Å². The van der Waals surface area contributed by atoms with Crippen LogP contribution in [-0.4, -0.2) is 232 Å².